The highest BCUT2D eigenvalue weighted by Gasteiger charge is 2.32. The van der Waals surface area contributed by atoms with Gasteiger partial charge in [-0.2, -0.15) is 10.4 Å². The van der Waals surface area contributed by atoms with Crippen molar-refractivity contribution in [1.82, 2.24) is 15.1 Å². The summed E-state index contributed by atoms with van der Waals surface area (Å²) in [6.45, 7) is 0.0136. The molecule has 0 radical (unpaired) electrons. The summed E-state index contributed by atoms with van der Waals surface area (Å²) in [6, 6.07) is 8.37. The van der Waals surface area contributed by atoms with Crippen molar-refractivity contribution < 1.29 is 32.2 Å². The SMILES string of the molecule is N#Cc1ccc2c(c1)C[C@@H](NC(=O)c1cc3n(n1)C[C@@H](CCOC(F)(F)F)O3)CO2. The van der Waals surface area contributed by atoms with Crippen molar-refractivity contribution in [1.29, 1.82) is 5.26 Å². The van der Waals surface area contributed by atoms with Crippen molar-refractivity contribution in [2.75, 3.05) is 13.2 Å². The smallest absolute Gasteiger partial charge is 0.491 e. The minimum Gasteiger partial charge on any atom is -0.491 e. The molecule has 0 unspecified atom stereocenters. The minimum atomic E-state index is -4.67. The Morgan fingerprint density at radius 3 is 2.97 bits per heavy atom. The predicted octanol–water partition coefficient (Wildman–Crippen LogP) is 2.18. The number of carbonyl (C=O) groups is 1. The molecule has 4 rings (SSSR count). The van der Waals surface area contributed by atoms with Crippen molar-refractivity contribution in [3.8, 4) is 17.7 Å². The molecule has 0 fully saturated rings. The van der Waals surface area contributed by atoms with Gasteiger partial charge in [-0.1, -0.05) is 0 Å². The second-order valence-corrected chi connectivity index (χ2v) is 6.99. The molecule has 2 aliphatic heterocycles. The number of alkyl halides is 3. The normalized spacial score (nSPS) is 19.8. The summed E-state index contributed by atoms with van der Waals surface area (Å²) >= 11 is 0. The number of nitriles is 1. The first-order valence-electron chi connectivity index (χ1n) is 9.22. The van der Waals surface area contributed by atoms with E-state index >= 15 is 0 Å². The molecule has 30 heavy (non-hydrogen) atoms. The van der Waals surface area contributed by atoms with Crippen LogP contribution in [0, 0.1) is 11.3 Å². The number of rotatable bonds is 5. The monoisotopic (exact) mass is 422 g/mol. The van der Waals surface area contributed by atoms with E-state index in [0.29, 0.717) is 23.6 Å². The van der Waals surface area contributed by atoms with E-state index in [1.807, 2.05) is 0 Å². The first-order chi connectivity index (χ1) is 14.3. The zero-order valence-electron chi connectivity index (χ0n) is 15.6. The maximum atomic E-state index is 12.5. The van der Waals surface area contributed by atoms with Crippen molar-refractivity contribution in [2.45, 2.75) is 37.9 Å². The summed E-state index contributed by atoms with van der Waals surface area (Å²) in [4.78, 5) is 12.5. The molecular formula is C19H17F3N4O4. The Morgan fingerprint density at radius 2 is 2.23 bits per heavy atom. The van der Waals surface area contributed by atoms with E-state index in [1.165, 1.54) is 10.7 Å². The number of nitrogens with one attached hydrogen (secondary N) is 1. The average Bonchev–Trinajstić information content (AvgIpc) is 3.25. The largest absolute Gasteiger partial charge is 0.522 e. The molecule has 2 aromatic rings. The molecule has 2 atom stereocenters. The molecule has 0 saturated heterocycles. The second kappa shape index (κ2) is 7.87. The Morgan fingerprint density at radius 1 is 1.40 bits per heavy atom. The number of aromatic nitrogens is 2. The van der Waals surface area contributed by atoms with Gasteiger partial charge in [-0.3, -0.25) is 9.53 Å². The number of hydrogen-bond donors (Lipinski definition) is 1. The maximum Gasteiger partial charge on any atom is 0.522 e. The highest BCUT2D eigenvalue weighted by atomic mass is 19.4. The zero-order chi connectivity index (χ0) is 21.3. The van der Waals surface area contributed by atoms with Gasteiger partial charge in [0.25, 0.3) is 5.91 Å². The Bertz CT molecular complexity index is 975. The van der Waals surface area contributed by atoms with E-state index < -0.39 is 25.0 Å². The van der Waals surface area contributed by atoms with E-state index in [1.54, 1.807) is 18.2 Å². The van der Waals surface area contributed by atoms with Gasteiger partial charge in [0.15, 0.2) is 5.69 Å². The van der Waals surface area contributed by atoms with Crippen LogP contribution in [0.5, 0.6) is 11.6 Å². The molecular weight excluding hydrogens is 405 g/mol. The average molecular weight is 422 g/mol. The van der Waals surface area contributed by atoms with Gasteiger partial charge in [0.05, 0.1) is 30.8 Å². The molecule has 2 aliphatic rings. The molecule has 8 nitrogen and oxygen atoms in total. The highest BCUT2D eigenvalue weighted by molar-refractivity contribution is 5.92. The molecule has 0 aliphatic carbocycles. The summed E-state index contributed by atoms with van der Waals surface area (Å²) in [7, 11) is 0. The second-order valence-electron chi connectivity index (χ2n) is 6.99. The van der Waals surface area contributed by atoms with Crippen LogP contribution in [0.25, 0.3) is 0 Å². The van der Waals surface area contributed by atoms with Gasteiger partial charge in [-0.05, 0) is 30.2 Å². The lowest BCUT2D eigenvalue weighted by Crippen LogP contribution is -2.43. The van der Waals surface area contributed by atoms with E-state index in [0.717, 1.165) is 5.56 Å². The lowest BCUT2D eigenvalue weighted by Gasteiger charge is -2.26. The molecule has 1 aromatic carbocycles. The Kier molecular flexibility index (Phi) is 5.26. The molecule has 1 amide bonds. The summed E-state index contributed by atoms with van der Waals surface area (Å²) in [5, 5.41) is 16.0. The van der Waals surface area contributed by atoms with Gasteiger partial charge < -0.3 is 14.8 Å². The Hall–Kier alpha value is -3.26. The Labute approximate surface area is 169 Å². The number of amides is 1. The third kappa shape index (κ3) is 4.49. The Balaban J connectivity index is 1.31. The number of hydrogen-bond acceptors (Lipinski definition) is 6. The predicted molar refractivity (Wildman–Crippen MR) is 94.9 cm³/mol. The lowest BCUT2D eigenvalue weighted by atomic mass is 10.0. The standard InChI is InChI=1S/C19H17F3N4O4/c20-19(21,22)29-4-3-14-9-26-17(30-14)7-15(25-26)18(27)24-13-6-12-5-11(8-23)1-2-16(12)28-10-13/h1-2,5,7,13-14H,3-4,6,9-10H2,(H,24,27)/t13-,14-/m1/s1. The van der Waals surface area contributed by atoms with E-state index in [2.05, 4.69) is 21.2 Å². The van der Waals surface area contributed by atoms with Crippen molar-refractivity contribution >= 4 is 5.91 Å². The fourth-order valence-corrected chi connectivity index (χ4v) is 3.41. The third-order valence-electron chi connectivity index (χ3n) is 4.78. The van der Waals surface area contributed by atoms with Crippen molar-refractivity contribution in [3.63, 3.8) is 0 Å². The topological polar surface area (TPSA) is 98.4 Å². The van der Waals surface area contributed by atoms with Crippen LogP contribution < -0.4 is 14.8 Å². The molecule has 0 spiro atoms. The van der Waals surface area contributed by atoms with Gasteiger partial charge >= 0.3 is 6.36 Å². The van der Waals surface area contributed by atoms with Crippen molar-refractivity contribution in [2.24, 2.45) is 0 Å². The molecule has 3 heterocycles. The summed E-state index contributed by atoms with van der Waals surface area (Å²) in [5.74, 6) is 0.599. The highest BCUT2D eigenvalue weighted by Crippen LogP contribution is 2.27. The van der Waals surface area contributed by atoms with Gasteiger partial charge in [0.2, 0.25) is 5.88 Å². The number of ether oxygens (including phenoxy) is 3. The van der Waals surface area contributed by atoms with Crippen LogP contribution in [0.3, 0.4) is 0 Å². The third-order valence-corrected chi connectivity index (χ3v) is 4.78. The number of halogens is 3. The van der Waals surface area contributed by atoms with E-state index in [9.17, 15) is 18.0 Å². The summed E-state index contributed by atoms with van der Waals surface area (Å²) < 4.78 is 52.5. The van der Waals surface area contributed by atoms with Crippen LogP contribution in [-0.2, 0) is 17.7 Å². The molecule has 0 saturated carbocycles. The molecule has 0 bridgehead atoms. The minimum absolute atomic E-state index is 0.0495. The van der Waals surface area contributed by atoms with Crippen LogP contribution in [0.4, 0.5) is 13.2 Å². The molecule has 158 valence electrons. The number of fused-ring (bicyclic) bond motifs is 2. The first-order valence-corrected chi connectivity index (χ1v) is 9.22. The van der Waals surface area contributed by atoms with Gasteiger partial charge in [0, 0.05) is 12.5 Å². The number of carbonyl (C=O) groups excluding carboxylic acids is 1. The quantitative estimate of drug-likeness (QED) is 0.793. The van der Waals surface area contributed by atoms with E-state index in [4.69, 9.17) is 14.7 Å². The molecule has 11 heteroatoms. The fourth-order valence-electron chi connectivity index (χ4n) is 3.41. The number of benzene rings is 1. The summed E-state index contributed by atoms with van der Waals surface area (Å²) in [6.07, 6.45) is -4.60. The van der Waals surface area contributed by atoms with E-state index in [-0.39, 0.29) is 31.3 Å². The van der Waals surface area contributed by atoms with Gasteiger partial charge in [-0.15, -0.1) is 13.2 Å². The molecule has 1 N–H and O–H groups in total. The van der Waals surface area contributed by atoms with Crippen LogP contribution in [0.2, 0.25) is 0 Å². The van der Waals surface area contributed by atoms with Crippen molar-refractivity contribution in [3.05, 3.63) is 41.1 Å². The zero-order valence-corrected chi connectivity index (χ0v) is 15.6. The first kappa shape index (κ1) is 20.0. The van der Waals surface area contributed by atoms with Gasteiger partial charge in [-0.25, -0.2) is 4.68 Å². The lowest BCUT2D eigenvalue weighted by molar-refractivity contribution is -0.325. The number of nitrogens with zero attached hydrogens (tertiary/aromatic N) is 3. The van der Waals surface area contributed by atoms with Crippen LogP contribution in [0.15, 0.2) is 24.3 Å². The van der Waals surface area contributed by atoms with Gasteiger partial charge in [0.1, 0.15) is 18.5 Å². The maximum absolute atomic E-state index is 12.5. The van der Waals surface area contributed by atoms with Crippen LogP contribution in [0.1, 0.15) is 28.0 Å². The molecule has 1 aromatic heterocycles. The van der Waals surface area contributed by atoms with Crippen LogP contribution in [-0.4, -0.2) is 47.4 Å². The summed E-state index contributed by atoms with van der Waals surface area (Å²) in [5.41, 5.74) is 1.50. The van der Waals surface area contributed by atoms with Crippen LogP contribution >= 0.6 is 0 Å². The fraction of sp³-hybridized carbons (Fsp3) is 0.421.